The Kier molecular flexibility index (Phi) is 10.5. The lowest BCUT2D eigenvalue weighted by Crippen LogP contribution is -2.50. The van der Waals surface area contributed by atoms with Gasteiger partial charge in [0.1, 0.15) is 0 Å². The van der Waals surface area contributed by atoms with Gasteiger partial charge in [0.25, 0.3) is 0 Å². The topological polar surface area (TPSA) is 64.6 Å². The number of likely N-dealkylation sites (tertiary alicyclic amines) is 1. The van der Waals surface area contributed by atoms with E-state index in [1.807, 2.05) is 7.05 Å². The van der Waals surface area contributed by atoms with E-state index in [1.54, 1.807) is 0 Å². The largest absolute Gasteiger partial charge is 0.376 e. The van der Waals surface area contributed by atoms with Crippen LogP contribution >= 0.6 is 24.0 Å². The summed E-state index contributed by atoms with van der Waals surface area (Å²) in [6, 6.07) is 0. The first-order chi connectivity index (χ1) is 12.3. The van der Waals surface area contributed by atoms with Crippen LogP contribution in [0.25, 0.3) is 0 Å². The third kappa shape index (κ3) is 7.10. The maximum Gasteiger partial charge on any atom is 0.193 e. The zero-order chi connectivity index (χ0) is 17.3. The molecule has 3 fully saturated rings. The van der Waals surface area contributed by atoms with E-state index in [-0.39, 0.29) is 30.1 Å². The number of hydrogen-bond acceptors (Lipinski definition) is 5. The molecule has 0 amide bonds. The van der Waals surface area contributed by atoms with E-state index in [4.69, 9.17) is 18.9 Å². The summed E-state index contributed by atoms with van der Waals surface area (Å²) < 4.78 is 23.0. The Morgan fingerprint density at radius 3 is 2.54 bits per heavy atom. The fraction of sp³-hybridized carbons (Fsp3) is 0.944. The zero-order valence-electron chi connectivity index (χ0n) is 15.9. The average Bonchev–Trinajstić information content (AvgIpc) is 2.69. The minimum atomic E-state index is 0. The summed E-state index contributed by atoms with van der Waals surface area (Å²) >= 11 is 0. The molecule has 3 heterocycles. The van der Waals surface area contributed by atoms with Crippen LogP contribution in [0.2, 0.25) is 0 Å². The molecule has 1 N–H and O–H groups in total. The second-order valence-corrected chi connectivity index (χ2v) is 7.00. The van der Waals surface area contributed by atoms with Crippen LogP contribution in [-0.4, -0.2) is 88.9 Å². The van der Waals surface area contributed by atoms with Crippen LogP contribution in [0.3, 0.4) is 0 Å². The van der Waals surface area contributed by atoms with Crippen molar-refractivity contribution in [1.29, 1.82) is 0 Å². The predicted octanol–water partition coefficient (Wildman–Crippen LogP) is 1.65. The number of aliphatic imine (C=N–C) groups is 1. The smallest absolute Gasteiger partial charge is 0.193 e. The van der Waals surface area contributed by atoms with E-state index in [0.717, 1.165) is 58.1 Å². The van der Waals surface area contributed by atoms with Crippen molar-refractivity contribution in [3.05, 3.63) is 0 Å². The van der Waals surface area contributed by atoms with Gasteiger partial charge in [-0.1, -0.05) is 0 Å². The Morgan fingerprint density at radius 1 is 1.08 bits per heavy atom. The second-order valence-electron chi connectivity index (χ2n) is 7.00. The monoisotopic (exact) mass is 483 g/mol. The van der Waals surface area contributed by atoms with E-state index in [2.05, 4.69) is 15.2 Å². The molecule has 3 saturated heterocycles. The molecular weight excluding hydrogens is 449 g/mol. The maximum atomic E-state index is 6.09. The van der Waals surface area contributed by atoms with Crippen LogP contribution in [0.1, 0.15) is 32.1 Å². The van der Waals surface area contributed by atoms with Gasteiger partial charge in [-0.3, -0.25) is 4.99 Å². The van der Waals surface area contributed by atoms with E-state index in [9.17, 15) is 0 Å². The summed E-state index contributed by atoms with van der Waals surface area (Å²) in [6.45, 7) is 6.35. The highest BCUT2D eigenvalue weighted by molar-refractivity contribution is 14.0. The highest BCUT2D eigenvalue weighted by atomic mass is 127. The molecule has 26 heavy (non-hydrogen) atoms. The summed E-state index contributed by atoms with van der Waals surface area (Å²) in [6.07, 6.45) is 6.44. The molecule has 3 aliphatic rings. The van der Waals surface area contributed by atoms with Crippen molar-refractivity contribution < 1.29 is 18.9 Å². The molecule has 152 valence electrons. The molecule has 2 atom stereocenters. The van der Waals surface area contributed by atoms with Crippen LogP contribution in [0.15, 0.2) is 4.99 Å². The summed E-state index contributed by atoms with van der Waals surface area (Å²) in [5.41, 5.74) is 0. The van der Waals surface area contributed by atoms with Crippen molar-refractivity contribution in [3.63, 3.8) is 0 Å². The molecule has 0 radical (unpaired) electrons. The molecular formula is C18H34IN3O4. The number of halogens is 1. The zero-order valence-corrected chi connectivity index (χ0v) is 18.2. The molecule has 7 nitrogen and oxygen atoms in total. The number of rotatable bonds is 5. The van der Waals surface area contributed by atoms with Crippen LogP contribution in [0.4, 0.5) is 0 Å². The standard InChI is InChI=1S/C18H33N3O4.HI/c1-19-18(20-12-17-13-22-10-11-24-17)21-7-5-15(6-8-21)25-14-16-4-2-3-9-23-16;/h15-17H,2-14H2,1H3,(H,19,20);1H. The number of piperidine rings is 1. The van der Waals surface area contributed by atoms with Crippen molar-refractivity contribution in [2.75, 3.05) is 59.7 Å². The third-order valence-electron chi connectivity index (χ3n) is 5.12. The van der Waals surface area contributed by atoms with Gasteiger partial charge in [0, 0.05) is 33.3 Å². The molecule has 0 aromatic carbocycles. The van der Waals surface area contributed by atoms with E-state index >= 15 is 0 Å². The summed E-state index contributed by atoms with van der Waals surface area (Å²) in [5, 5.41) is 3.42. The van der Waals surface area contributed by atoms with Gasteiger partial charge in [-0.05, 0) is 32.1 Å². The van der Waals surface area contributed by atoms with E-state index in [0.29, 0.717) is 32.0 Å². The van der Waals surface area contributed by atoms with Gasteiger partial charge < -0.3 is 29.2 Å². The summed E-state index contributed by atoms with van der Waals surface area (Å²) in [4.78, 5) is 6.72. The molecule has 0 bridgehead atoms. The van der Waals surface area contributed by atoms with E-state index in [1.165, 1.54) is 12.8 Å². The van der Waals surface area contributed by atoms with Crippen LogP contribution in [-0.2, 0) is 18.9 Å². The van der Waals surface area contributed by atoms with Crippen LogP contribution in [0.5, 0.6) is 0 Å². The number of nitrogens with zero attached hydrogens (tertiary/aromatic N) is 2. The highest BCUT2D eigenvalue weighted by Gasteiger charge is 2.24. The normalized spacial score (nSPS) is 28.5. The van der Waals surface area contributed by atoms with Gasteiger partial charge in [-0.15, -0.1) is 24.0 Å². The molecule has 0 aromatic rings. The lowest BCUT2D eigenvalue weighted by molar-refractivity contribution is -0.0853. The third-order valence-corrected chi connectivity index (χ3v) is 5.12. The minimum absolute atomic E-state index is 0. The fourth-order valence-corrected chi connectivity index (χ4v) is 3.61. The van der Waals surface area contributed by atoms with Crippen molar-refractivity contribution in [2.45, 2.75) is 50.4 Å². The highest BCUT2D eigenvalue weighted by Crippen LogP contribution is 2.18. The Morgan fingerprint density at radius 2 is 1.88 bits per heavy atom. The molecule has 3 rings (SSSR count). The molecule has 0 spiro atoms. The van der Waals surface area contributed by atoms with Crippen molar-refractivity contribution in [3.8, 4) is 0 Å². The first-order valence-electron chi connectivity index (χ1n) is 9.73. The van der Waals surface area contributed by atoms with Crippen molar-refractivity contribution in [1.82, 2.24) is 10.2 Å². The number of guanidine groups is 1. The Labute approximate surface area is 174 Å². The van der Waals surface area contributed by atoms with Crippen molar-refractivity contribution >= 4 is 29.9 Å². The number of nitrogens with one attached hydrogen (secondary N) is 1. The quantitative estimate of drug-likeness (QED) is 0.365. The summed E-state index contributed by atoms with van der Waals surface area (Å²) in [7, 11) is 1.84. The summed E-state index contributed by atoms with van der Waals surface area (Å²) in [5.74, 6) is 0.947. The van der Waals surface area contributed by atoms with Gasteiger partial charge in [0.2, 0.25) is 0 Å². The molecule has 0 saturated carbocycles. The van der Waals surface area contributed by atoms with Crippen molar-refractivity contribution in [2.24, 2.45) is 4.99 Å². The van der Waals surface area contributed by atoms with Gasteiger partial charge in [0.15, 0.2) is 5.96 Å². The number of ether oxygens (including phenoxy) is 4. The molecule has 3 aliphatic heterocycles. The number of hydrogen-bond donors (Lipinski definition) is 1. The van der Waals surface area contributed by atoms with Gasteiger partial charge >= 0.3 is 0 Å². The first kappa shape index (κ1) is 22.1. The van der Waals surface area contributed by atoms with Gasteiger partial charge in [-0.25, -0.2) is 0 Å². The SMILES string of the molecule is CN=C(NCC1COCCO1)N1CCC(OCC2CCCCO2)CC1.I. The molecule has 2 unspecified atom stereocenters. The molecule has 8 heteroatoms. The Bertz CT molecular complexity index is 407. The lowest BCUT2D eigenvalue weighted by Gasteiger charge is -2.35. The molecule has 0 aromatic heterocycles. The Balaban J connectivity index is 0.00000243. The lowest BCUT2D eigenvalue weighted by atomic mass is 10.1. The fourth-order valence-electron chi connectivity index (χ4n) is 3.61. The van der Waals surface area contributed by atoms with Gasteiger partial charge in [0.05, 0.1) is 44.7 Å². The first-order valence-corrected chi connectivity index (χ1v) is 9.73. The average molecular weight is 483 g/mol. The Hall–Kier alpha value is -0.160. The van der Waals surface area contributed by atoms with Gasteiger partial charge in [-0.2, -0.15) is 0 Å². The van der Waals surface area contributed by atoms with Crippen LogP contribution < -0.4 is 5.32 Å². The maximum absolute atomic E-state index is 6.09. The molecule has 0 aliphatic carbocycles. The minimum Gasteiger partial charge on any atom is -0.376 e. The van der Waals surface area contributed by atoms with Crippen LogP contribution in [0, 0.1) is 0 Å². The predicted molar refractivity (Wildman–Crippen MR) is 111 cm³/mol. The van der Waals surface area contributed by atoms with E-state index < -0.39 is 0 Å². The second kappa shape index (κ2) is 12.3.